The largest absolute Gasteiger partial charge is 0.326 e. The standard InChI is InChI=1S/C14H18N2OS/c15-8-9-16(13-3-1-2-4-13)14(17)6-5-12-7-10-18-11-12/h7,10-11,13H,1-6,9H2. The minimum Gasteiger partial charge on any atom is -0.326 e. The third-order valence-electron chi connectivity index (χ3n) is 3.53. The van der Waals surface area contributed by atoms with Crippen molar-refractivity contribution < 1.29 is 4.79 Å². The monoisotopic (exact) mass is 262 g/mol. The maximum absolute atomic E-state index is 12.2. The lowest BCUT2D eigenvalue weighted by Gasteiger charge is -2.26. The molecule has 1 aliphatic rings. The van der Waals surface area contributed by atoms with Gasteiger partial charge in [-0.15, -0.1) is 0 Å². The number of rotatable bonds is 5. The molecule has 0 atom stereocenters. The van der Waals surface area contributed by atoms with Crippen molar-refractivity contribution in [3.05, 3.63) is 22.4 Å². The minimum absolute atomic E-state index is 0.134. The topological polar surface area (TPSA) is 44.1 Å². The van der Waals surface area contributed by atoms with Gasteiger partial charge in [-0.3, -0.25) is 4.79 Å². The summed E-state index contributed by atoms with van der Waals surface area (Å²) < 4.78 is 0. The Balaban J connectivity index is 1.89. The molecular formula is C14H18N2OS. The number of hydrogen-bond donors (Lipinski definition) is 0. The van der Waals surface area contributed by atoms with Crippen LogP contribution in [0.15, 0.2) is 16.8 Å². The zero-order valence-corrected chi connectivity index (χ0v) is 11.3. The molecule has 2 rings (SSSR count). The first-order chi connectivity index (χ1) is 8.81. The first-order valence-electron chi connectivity index (χ1n) is 6.49. The first-order valence-corrected chi connectivity index (χ1v) is 7.43. The van der Waals surface area contributed by atoms with Crippen molar-refractivity contribution in [2.45, 2.75) is 44.6 Å². The lowest BCUT2D eigenvalue weighted by Crippen LogP contribution is -2.39. The van der Waals surface area contributed by atoms with E-state index in [9.17, 15) is 4.79 Å². The van der Waals surface area contributed by atoms with Crippen molar-refractivity contribution in [1.82, 2.24) is 4.90 Å². The highest BCUT2D eigenvalue weighted by molar-refractivity contribution is 7.07. The molecule has 1 aliphatic carbocycles. The highest BCUT2D eigenvalue weighted by Crippen LogP contribution is 2.24. The van der Waals surface area contributed by atoms with Gasteiger partial charge in [0.1, 0.15) is 6.54 Å². The van der Waals surface area contributed by atoms with Crippen molar-refractivity contribution in [2.24, 2.45) is 0 Å². The zero-order chi connectivity index (χ0) is 12.8. The molecule has 0 spiro atoms. The van der Waals surface area contributed by atoms with Crippen LogP contribution in [0.1, 0.15) is 37.7 Å². The van der Waals surface area contributed by atoms with Crippen LogP contribution in [0.5, 0.6) is 0 Å². The van der Waals surface area contributed by atoms with Gasteiger partial charge in [0.25, 0.3) is 0 Å². The number of thiophene rings is 1. The summed E-state index contributed by atoms with van der Waals surface area (Å²) in [6, 6.07) is 4.49. The quantitative estimate of drug-likeness (QED) is 0.766. The van der Waals surface area contributed by atoms with E-state index in [1.54, 1.807) is 16.2 Å². The Hall–Kier alpha value is -1.34. The molecule has 1 aromatic heterocycles. The highest BCUT2D eigenvalue weighted by atomic mass is 32.1. The molecular weight excluding hydrogens is 244 g/mol. The molecule has 1 fully saturated rings. The maximum Gasteiger partial charge on any atom is 0.224 e. The van der Waals surface area contributed by atoms with Crippen LogP contribution in [0.25, 0.3) is 0 Å². The third kappa shape index (κ3) is 3.33. The summed E-state index contributed by atoms with van der Waals surface area (Å²) >= 11 is 1.66. The number of nitriles is 1. The second-order valence-corrected chi connectivity index (χ2v) is 5.53. The Labute approximate surface area is 112 Å². The number of nitrogens with zero attached hydrogens (tertiary/aromatic N) is 2. The van der Waals surface area contributed by atoms with E-state index < -0.39 is 0 Å². The lowest BCUT2D eigenvalue weighted by molar-refractivity contribution is -0.132. The van der Waals surface area contributed by atoms with Crippen LogP contribution in [0.2, 0.25) is 0 Å². The smallest absolute Gasteiger partial charge is 0.224 e. The molecule has 0 unspecified atom stereocenters. The Bertz CT molecular complexity index is 416. The van der Waals surface area contributed by atoms with Crippen molar-refractivity contribution in [2.75, 3.05) is 6.54 Å². The minimum atomic E-state index is 0.134. The van der Waals surface area contributed by atoms with Crippen molar-refractivity contribution in [3.63, 3.8) is 0 Å². The Morgan fingerprint density at radius 3 is 2.89 bits per heavy atom. The summed E-state index contributed by atoms with van der Waals surface area (Å²) in [4.78, 5) is 14.0. The molecule has 0 aliphatic heterocycles. The van der Waals surface area contributed by atoms with Gasteiger partial charge >= 0.3 is 0 Å². The van der Waals surface area contributed by atoms with Gasteiger partial charge in [0.15, 0.2) is 0 Å². The van der Waals surface area contributed by atoms with Crippen LogP contribution >= 0.6 is 11.3 Å². The molecule has 0 radical (unpaired) electrons. The molecule has 3 nitrogen and oxygen atoms in total. The van der Waals surface area contributed by atoms with Crippen LogP contribution in [-0.4, -0.2) is 23.4 Å². The molecule has 18 heavy (non-hydrogen) atoms. The summed E-state index contributed by atoms with van der Waals surface area (Å²) in [5.74, 6) is 0.134. The molecule has 0 saturated heterocycles. The van der Waals surface area contributed by atoms with Gasteiger partial charge in [-0.05, 0) is 41.7 Å². The normalized spacial score (nSPS) is 15.5. The maximum atomic E-state index is 12.2. The van der Waals surface area contributed by atoms with Crippen LogP contribution in [0.4, 0.5) is 0 Å². The fourth-order valence-electron chi connectivity index (χ4n) is 2.54. The lowest BCUT2D eigenvalue weighted by atomic mass is 10.1. The summed E-state index contributed by atoms with van der Waals surface area (Å²) in [7, 11) is 0. The zero-order valence-electron chi connectivity index (χ0n) is 10.5. The van der Waals surface area contributed by atoms with Crippen molar-refractivity contribution in [1.29, 1.82) is 5.26 Å². The molecule has 96 valence electrons. The summed E-state index contributed by atoms with van der Waals surface area (Å²) in [5.41, 5.74) is 1.22. The second-order valence-electron chi connectivity index (χ2n) is 4.75. The summed E-state index contributed by atoms with van der Waals surface area (Å²) in [6.07, 6.45) is 5.80. The average Bonchev–Trinajstić information content (AvgIpc) is 3.05. The fourth-order valence-corrected chi connectivity index (χ4v) is 3.25. The predicted molar refractivity (Wildman–Crippen MR) is 72.2 cm³/mol. The Morgan fingerprint density at radius 2 is 2.28 bits per heavy atom. The van der Waals surface area contributed by atoms with E-state index in [4.69, 9.17) is 5.26 Å². The van der Waals surface area contributed by atoms with Gasteiger partial charge in [-0.25, -0.2) is 0 Å². The third-order valence-corrected chi connectivity index (χ3v) is 4.27. The van der Waals surface area contributed by atoms with Crippen LogP contribution in [0.3, 0.4) is 0 Å². The van der Waals surface area contributed by atoms with E-state index in [-0.39, 0.29) is 12.5 Å². The highest BCUT2D eigenvalue weighted by Gasteiger charge is 2.25. The molecule has 0 N–H and O–H groups in total. The van der Waals surface area contributed by atoms with Crippen LogP contribution in [-0.2, 0) is 11.2 Å². The van der Waals surface area contributed by atoms with Gasteiger partial charge in [0.05, 0.1) is 6.07 Å². The van der Waals surface area contributed by atoms with E-state index in [1.807, 2.05) is 5.38 Å². The number of hydrogen-bond acceptors (Lipinski definition) is 3. The van der Waals surface area contributed by atoms with Crippen LogP contribution < -0.4 is 0 Å². The number of amides is 1. The molecule has 4 heteroatoms. The second kappa shape index (κ2) is 6.55. The number of aryl methyl sites for hydroxylation is 1. The van der Waals surface area contributed by atoms with Gasteiger partial charge in [-0.2, -0.15) is 16.6 Å². The SMILES string of the molecule is N#CCN(C(=O)CCc1ccsc1)C1CCCC1. The molecule has 1 heterocycles. The predicted octanol–water partition coefficient (Wildman–Crippen LogP) is 2.98. The van der Waals surface area contributed by atoms with Gasteiger partial charge in [0.2, 0.25) is 5.91 Å². The average molecular weight is 262 g/mol. The van der Waals surface area contributed by atoms with Crippen molar-refractivity contribution in [3.8, 4) is 6.07 Å². The van der Waals surface area contributed by atoms with E-state index >= 15 is 0 Å². The Kier molecular flexibility index (Phi) is 4.77. The summed E-state index contributed by atoms with van der Waals surface area (Å²) in [6.45, 7) is 0.243. The molecule has 0 bridgehead atoms. The Morgan fingerprint density at radius 1 is 1.50 bits per heavy atom. The summed E-state index contributed by atoms with van der Waals surface area (Å²) in [5, 5.41) is 13.0. The molecule has 0 aromatic carbocycles. The number of carbonyl (C=O) groups is 1. The van der Waals surface area contributed by atoms with E-state index in [0.29, 0.717) is 12.5 Å². The molecule has 1 amide bonds. The van der Waals surface area contributed by atoms with E-state index in [2.05, 4.69) is 17.5 Å². The van der Waals surface area contributed by atoms with E-state index in [1.165, 1.54) is 18.4 Å². The molecule has 1 aromatic rings. The number of carbonyl (C=O) groups excluding carboxylic acids is 1. The van der Waals surface area contributed by atoms with Crippen molar-refractivity contribution >= 4 is 17.2 Å². The van der Waals surface area contributed by atoms with Gasteiger partial charge in [-0.1, -0.05) is 12.8 Å². The van der Waals surface area contributed by atoms with E-state index in [0.717, 1.165) is 19.3 Å². The van der Waals surface area contributed by atoms with Gasteiger partial charge in [0, 0.05) is 12.5 Å². The molecule has 1 saturated carbocycles. The first kappa shape index (κ1) is 13.1. The van der Waals surface area contributed by atoms with Crippen LogP contribution in [0, 0.1) is 11.3 Å². The fraction of sp³-hybridized carbons (Fsp3) is 0.571. The van der Waals surface area contributed by atoms with Gasteiger partial charge < -0.3 is 4.90 Å².